The van der Waals surface area contributed by atoms with Crippen molar-refractivity contribution in [1.29, 1.82) is 0 Å². The van der Waals surface area contributed by atoms with Crippen molar-refractivity contribution in [3.63, 3.8) is 0 Å². The van der Waals surface area contributed by atoms with E-state index in [1.54, 1.807) is 0 Å². The van der Waals surface area contributed by atoms with Crippen LogP contribution in [0.15, 0.2) is 34.7 Å². The summed E-state index contributed by atoms with van der Waals surface area (Å²) in [4.78, 5) is 24.1. The quantitative estimate of drug-likeness (QED) is 0.876. The van der Waals surface area contributed by atoms with Crippen LogP contribution in [-0.2, 0) is 16.1 Å². The van der Waals surface area contributed by atoms with Crippen LogP contribution in [0.4, 0.5) is 13.2 Å². The van der Waals surface area contributed by atoms with Crippen LogP contribution in [0.25, 0.3) is 11.5 Å². The zero-order valence-corrected chi connectivity index (χ0v) is 14.2. The van der Waals surface area contributed by atoms with Crippen LogP contribution in [0.2, 0.25) is 0 Å². The third-order valence-electron chi connectivity index (χ3n) is 4.30. The number of benzene rings is 1. The first-order valence-electron chi connectivity index (χ1n) is 8.36. The maximum atomic E-state index is 12.4. The highest BCUT2D eigenvalue weighted by Gasteiger charge is 2.43. The molecule has 1 fully saturated rings. The fraction of sp³-hybridized carbons (Fsp3) is 0.412. The third kappa shape index (κ3) is 4.63. The van der Waals surface area contributed by atoms with Gasteiger partial charge < -0.3 is 14.6 Å². The zero-order valence-electron chi connectivity index (χ0n) is 14.2. The van der Waals surface area contributed by atoms with Gasteiger partial charge >= 0.3 is 12.1 Å². The molecule has 10 heteroatoms. The van der Waals surface area contributed by atoms with Crippen molar-refractivity contribution in [2.45, 2.75) is 25.6 Å². The first-order chi connectivity index (χ1) is 12.8. The predicted octanol–water partition coefficient (Wildman–Crippen LogP) is 2.15. The molecule has 3 rings (SSSR count). The van der Waals surface area contributed by atoms with Gasteiger partial charge in [0.15, 0.2) is 0 Å². The SMILES string of the molecule is O=C(NCc1nnc(-c2ccccc2)o1)C1CCN(C(=O)C(F)(F)F)CC1. The molecule has 1 aliphatic rings. The van der Waals surface area contributed by atoms with E-state index in [9.17, 15) is 22.8 Å². The fourth-order valence-electron chi connectivity index (χ4n) is 2.85. The van der Waals surface area contributed by atoms with Gasteiger partial charge in [0.25, 0.3) is 0 Å². The van der Waals surface area contributed by atoms with Crippen LogP contribution >= 0.6 is 0 Å². The van der Waals surface area contributed by atoms with Crippen molar-refractivity contribution in [1.82, 2.24) is 20.4 Å². The molecule has 0 aliphatic carbocycles. The Morgan fingerprint density at radius 2 is 1.81 bits per heavy atom. The van der Waals surface area contributed by atoms with Gasteiger partial charge in [-0.2, -0.15) is 13.2 Å². The maximum absolute atomic E-state index is 12.4. The highest BCUT2D eigenvalue weighted by Crippen LogP contribution is 2.24. The molecule has 1 aromatic heterocycles. The number of rotatable bonds is 4. The Balaban J connectivity index is 1.48. The number of nitrogens with one attached hydrogen (secondary N) is 1. The average Bonchev–Trinajstić information content (AvgIpc) is 3.15. The molecule has 2 heterocycles. The number of alkyl halides is 3. The predicted molar refractivity (Wildman–Crippen MR) is 86.9 cm³/mol. The Labute approximate surface area is 152 Å². The molecule has 0 saturated carbocycles. The van der Waals surface area contributed by atoms with E-state index in [1.165, 1.54) is 0 Å². The number of hydrogen-bond acceptors (Lipinski definition) is 5. The van der Waals surface area contributed by atoms with Crippen molar-refractivity contribution >= 4 is 11.8 Å². The number of aromatic nitrogens is 2. The second-order valence-electron chi connectivity index (χ2n) is 6.15. The van der Waals surface area contributed by atoms with E-state index in [2.05, 4.69) is 15.5 Å². The molecule has 0 radical (unpaired) electrons. The molecule has 1 N–H and O–H groups in total. The summed E-state index contributed by atoms with van der Waals surface area (Å²) >= 11 is 0. The Hall–Kier alpha value is -2.91. The monoisotopic (exact) mass is 382 g/mol. The average molecular weight is 382 g/mol. The van der Waals surface area contributed by atoms with Gasteiger partial charge in [-0.05, 0) is 25.0 Å². The molecule has 0 unspecified atom stereocenters. The molecule has 1 saturated heterocycles. The molecule has 0 bridgehead atoms. The highest BCUT2D eigenvalue weighted by atomic mass is 19.4. The van der Waals surface area contributed by atoms with Gasteiger partial charge in [-0.15, -0.1) is 10.2 Å². The summed E-state index contributed by atoms with van der Waals surface area (Å²) in [6.45, 7) is -0.176. The molecule has 0 atom stereocenters. The Morgan fingerprint density at radius 1 is 1.15 bits per heavy atom. The summed E-state index contributed by atoms with van der Waals surface area (Å²) in [6, 6.07) is 9.14. The lowest BCUT2D eigenvalue weighted by atomic mass is 9.96. The minimum Gasteiger partial charge on any atom is -0.419 e. The van der Waals surface area contributed by atoms with Gasteiger partial charge in [0.05, 0.1) is 6.54 Å². The lowest BCUT2D eigenvalue weighted by molar-refractivity contribution is -0.186. The Bertz CT molecular complexity index is 799. The number of amides is 2. The summed E-state index contributed by atoms with van der Waals surface area (Å²) in [7, 11) is 0. The molecular formula is C17H17F3N4O3. The minimum atomic E-state index is -4.89. The van der Waals surface area contributed by atoms with Crippen LogP contribution < -0.4 is 5.32 Å². The third-order valence-corrected chi connectivity index (χ3v) is 4.30. The van der Waals surface area contributed by atoms with Crippen molar-refractivity contribution < 1.29 is 27.2 Å². The normalized spacial score (nSPS) is 15.6. The van der Waals surface area contributed by atoms with Crippen LogP contribution in [-0.4, -0.2) is 46.2 Å². The summed E-state index contributed by atoms with van der Waals surface area (Å²) in [6.07, 6.45) is -4.54. The van der Waals surface area contributed by atoms with Gasteiger partial charge in [0.2, 0.25) is 17.7 Å². The molecule has 2 aromatic rings. The van der Waals surface area contributed by atoms with Crippen molar-refractivity contribution in [2.75, 3.05) is 13.1 Å². The molecule has 2 amide bonds. The standard InChI is InChI=1S/C17H17F3N4O3/c18-17(19,20)16(26)24-8-6-11(7-9-24)14(25)21-10-13-22-23-15(27-13)12-4-2-1-3-5-12/h1-5,11H,6-10H2,(H,21,25). The van der Waals surface area contributed by atoms with Gasteiger partial charge in [0.1, 0.15) is 0 Å². The molecule has 1 aromatic carbocycles. The second-order valence-corrected chi connectivity index (χ2v) is 6.15. The van der Waals surface area contributed by atoms with E-state index in [-0.39, 0.29) is 44.3 Å². The number of piperidine rings is 1. The lowest BCUT2D eigenvalue weighted by Gasteiger charge is -2.31. The maximum Gasteiger partial charge on any atom is 0.471 e. The molecule has 7 nitrogen and oxygen atoms in total. The molecule has 144 valence electrons. The van der Waals surface area contributed by atoms with Crippen LogP contribution in [0, 0.1) is 5.92 Å². The zero-order chi connectivity index (χ0) is 19.4. The fourth-order valence-corrected chi connectivity index (χ4v) is 2.85. The summed E-state index contributed by atoms with van der Waals surface area (Å²) in [5.41, 5.74) is 0.754. The second kappa shape index (κ2) is 7.77. The van der Waals surface area contributed by atoms with E-state index in [0.717, 1.165) is 10.5 Å². The molecule has 0 spiro atoms. The van der Waals surface area contributed by atoms with Gasteiger partial charge in [-0.1, -0.05) is 18.2 Å². The van der Waals surface area contributed by atoms with Gasteiger partial charge in [-0.3, -0.25) is 9.59 Å². The molecule has 1 aliphatic heterocycles. The molecule has 27 heavy (non-hydrogen) atoms. The number of halogens is 3. The van der Waals surface area contributed by atoms with E-state index in [0.29, 0.717) is 5.89 Å². The van der Waals surface area contributed by atoms with E-state index in [1.807, 2.05) is 30.3 Å². The highest BCUT2D eigenvalue weighted by molar-refractivity contribution is 5.83. The van der Waals surface area contributed by atoms with Crippen LogP contribution in [0.5, 0.6) is 0 Å². The number of hydrogen-bond donors (Lipinski definition) is 1. The number of likely N-dealkylation sites (tertiary alicyclic amines) is 1. The first-order valence-corrected chi connectivity index (χ1v) is 8.36. The lowest BCUT2D eigenvalue weighted by Crippen LogP contribution is -2.47. The van der Waals surface area contributed by atoms with Crippen molar-refractivity contribution in [3.8, 4) is 11.5 Å². The first kappa shape index (κ1) is 18.9. The van der Waals surface area contributed by atoms with Crippen molar-refractivity contribution in [2.24, 2.45) is 5.92 Å². The topological polar surface area (TPSA) is 88.3 Å². The summed E-state index contributed by atoms with van der Waals surface area (Å²) < 4.78 is 42.8. The van der Waals surface area contributed by atoms with Crippen LogP contribution in [0.3, 0.4) is 0 Å². The number of nitrogens with zero attached hydrogens (tertiary/aromatic N) is 3. The Morgan fingerprint density at radius 3 is 2.44 bits per heavy atom. The minimum absolute atomic E-state index is 0.0281. The van der Waals surface area contributed by atoms with Crippen LogP contribution in [0.1, 0.15) is 18.7 Å². The Kier molecular flexibility index (Phi) is 5.43. The van der Waals surface area contributed by atoms with Crippen molar-refractivity contribution in [3.05, 3.63) is 36.2 Å². The summed E-state index contributed by atoms with van der Waals surface area (Å²) in [5.74, 6) is -2.07. The summed E-state index contributed by atoms with van der Waals surface area (Å²) in [5, 5.41) is 10.4. The van der Waals surface area contributed by atoms with Gasteiger partial charge in [0, 0.05) is 24.6 Å². The van der Waals surface area contributed by atoms with Gasteiger partial charge in [-0.25, -0.2) is 0 Å². The molecular weight excluding hydrogens is 365 g/mol. The van der Waals surface area contributed by atoms with E-state index >= 15 is 0 Å². The largest absolute Gasteiger partial charge is 0.471 e. The number of carbonyl (C=O) groups is 2. The smallest absolute Gasteiger partial charge is 0.419 e. The van der Waals surface area contributed by atoms with E-state index in [4.69, 9.17) is 4.42 Å². The van der Waals surface area contributed by atoms with E-state index < -0.39 is 18.0 Å². The number of carbonyl (C=O) groups excluding carboxylic acids is 2.